The highest BCUT2D eigenvalue weighted by Crippen LogP contribution is 2.22. The molecule has 0 aliphatic carbocycles. The Balaban J connectivity index is 1.77. The van der Waals surface area contributed by atoms with E-state index in [-0.39, 0.29) is 25.4 Å². The number of hydrogen-bond acceptors (Lipinski definition) is 4. The first-order valence-corrected chi connectivity index (χ1v) is 11.0. The molecule has 0 atom stereocenters. The van der Waals surface area contributed by atoms with Gasteiger partial charge >= 0.3 is 0 Å². The lowest BCUT2D eigenvalue weighted by Crippen LogP contribution is -2.41. The van der Waals surface area contributed by atoms with Gasteiger partial charge in [-0.1, -0.05) is 30.3 Å². The fraction of sp³-hybridized carbons (Fsp3) is 0.632. The van der Waals surface area contributed by atoms with Crippen LogP contribution in [-0.4, -0.2) is 69.7 Å². The minimum absolute atomic E-state index is 0.0363. The summed E-state index contributed by atoms with van der Waals surface area (Å²) in [4.78, 5) is 14.3. The van der Waals surface area contributed by atoms with Gasteiger partial charge in [-0.3, -0.25) is 4.79 Å². The number of carbonyl (C=O) groups is 1. The van der Waals surface area contributed by atoms with E-state index < -0.39 is 10.0 Å². The number of sulfonamides is 1. The van der Waals surface area contributed by atoms with Crippen LogP contribution in [-0.2, 0) is 26.0 Å². The number of nitrogens with zero attached hydrogens (tertiary/aromatic N) is 2. The lowest BCUT2D eigenvalue weighted by molar-refractivity contribution is -0.132. The Morgan fingerprint density at radius 2 is 1.85 bits per heavy atom. The van der Waals surface area contributed by atoms with Crippen molar-refractivity contribution in [2.75, 3.05) is 46.2 Å². The van der Waals surface area contributed by atoms with Crippen molar-refractivity contribution >= 4 is 15.9 Å². The number of hydrogen-bond donors (Lipinski definition) is 0. The van der Waals surface area contributed by atoms with Crippen LogP contribution in [0.5, 0.6) is 0 Å². The van der Waals surface area contributed by atoms with E-state index >= 15 is 0 Å². The maximum absolute atomic E-state index is 12.4. The number of ether oxygens (including phenoxy) is 1. The Morgan fingerprint density at radius 3 is 2.42 bits per heavy atom. The highest BCUT2D eigenvalue weighted by molar-refractivity contribution is 7.88. The van der Waals surface area contributed by atoms with Crippen molar-refractivity contribution in [2.24, 2.45) is 5.92 Å². The van der Waals surface area contributed by atoms with Gasteiger partial charge in [-0.15, -0.1) is 0 Å². The molecule has 1 aliphatic rings. The Morgan fingerprint density at radius 1 is 1.19 bits per heavy atom. The second-order valence-electron chi connectivity index (χ2n) is 6.92. The van der Waals surface area contributed by atoms with E-state index in [0.29, 0.717) is 12.5 Å². The average Bonchev–Trinajstić information content (AvgIpc) is 2.62. The SMILES string of the molecule is COCCN(CCC(=O)N1CCC(Cc2ccccc2)CC1)S(C)(=O)=O. The van der Waals surface area contributed by atoms with Crippen LogP contribution in [0.3, 0.4) is 0 Å². The summed E-state index contributed by atoms with van der Waals surface area (Å²) in [6, 6.07) is 10.4. The van der Waals surface area contributed by atoms with E-state index in [0.717, 1.165) is 32.4 Å². The molecule has 1 heterocycles. The number of amides is 1. The number of carbonyl (C=O) groups excluding carboxylic acids is 1. The second kappa shape index (κ2) is 10.0. The number of methoxy groups -OCH3 is 1. The van der Waals surface area contributed by atoms with Gasteiger partial charge in [-0.25, -0.2) is 8.42 Å². The standard InChI is InChI=1S/C19H30N2O4S/c1-25-15-14-21(26(2,23)24)13-10-19(22)20-11-8-18(9-12-20)16-17-6-4-3-5-7-17/h3-7,18H,8-16H2,1-2H3. The number of piperidine rings is 1. The van der Waals surface area contributed by atoms with E-state index in [2.05, 4.69) is 24.3 Å². The molecule has 2 rings (SSSR count). The van der Waals surface area contributed by atoms with E-state index in [1.165, 1.54) is 23.2 Å². The molecule has 0 saturated carbocycles. The Labute approximate surface area is 157 Å². The van der Waals surface area contributed by atoms with Gasteiger partial charge in [0.2, 0.25) is 15.9 Å². The topological polar surface area (TPSA) is 66.9 Å². The summed E-state index contributed by atoms with van der Waals surface area (Å²) < 4.78 is 29.8. The zero-order valence-corrected chi connectivity index (χ0v) is 16.6. The predicted molar refractivity (Wildman–Crippen MR) is 102 cm³/mol. The molecule has 0 radical (unpaired) electrons. The summed E-state index contributed by atoms with van der Waals surface area (Å²) in [5, 5.41) is 0. The molecule has 1 saturated heterocycles. The van der Waals surface area contributed by atoms with Gasteiger partial charge in [0.05, 0.1) is 12.9 Å². The fourth-order valence-corrected chi connectivity index (χ4v) is 4.18. The van der Waals surface area contributed by atoms with Gasteiger partial charge in [0, 0.05) is 39.7 Å². The van der Waals surface area contributed by atoms with E-state index in [4.69, 9.17) is 4.74 Å². The smallest absolute Gasteiger partial charge is 0.223 e. The van der Waals surface area contributed by atoms with Crippen molar-refractivity contribution in [3.05, 3.63) is 35.9 Å². The molecule has 6 nitrogen and oxygen atoms in total. The largest absolute Gasteiger partial charge is 0.383 e. The van der Waals surface area contributed by atoms with Crippen LogP contribution in [0.1, 0.15) is 24.8 Å². The van der Waals surface area contributed by atoms with E-state index in [9.17, 15) is 13.2 Å². The first-order chi connectivity index (χ1) is 12.4. The quantitative estimate of drug-likeness (QED) is 0.653. The maximum Gasteiger partial charge on any atom is 0.223 e. The summed E-state index contributed by atoms with van der Waals surface area (Å²) in [5.74, 6) is 0.643. The first-order valence-electron chi connectivity index (χ1n) is 9.16. The molecule has 0 spiro atoms. The normalized spacial score (nSPS) is 16.2. The van der Waals surface area contributed by atoms with Crippen LogP contribution in [0, 0.1) is 5.92 Å². The molecule has 7 heteroatoms. The molecule has 146 valence electrons. The predicted octanol–water partition coefficient (Wildman–Crippen LogP) is 1.77. The van der Waals surface area contributed by atoms with Crippen LogP contribution in [0.25, 0.3) is 0 Å². The maximum atomic E-state index is 12.4. The van der Waals surface area contributed by atoms with Crippen molar-refractivity contribution in [3.63, 3.8) is 0 Å². The van der Waals surface area contributed by atoms with E-state index in [1.54, 1.807) is 0 Å². The van der Waals surface area contributed by atoms with Crippen LogP contribution in [0.15, 0.2) is 30.3 Å². The average molecular weight is 383 g/mol. The Hall–Kier alpha value is -1.44. The van der Waals surface area contributed by atoms with Crippen molar-refractivity contribution in [1.29, 1.82) is 0 Å². The third-order valence-corrected chi connectivity index (χ3v) is 6.23. The molecule has 1 amide bonds. The molecule has 0 unspecified atom stereocenters. The molecular formula is C19H30N2O4S. The molecule has 0 aromatic heterocycles. The Kier molecular flexibility index (Phi) is 8.06. The van der Waals surface area contributed by atoms with Crippen LogP contribution >= 0.6 is 0 Å². The lowest BCUT2D eigenvalue weighted by Gasteiger charge is -2.32. The monoisotopic (exact) mass is 382 g/mol. The molecule has 0 N–H and O–H groups in total. The highest BCUT2D eigenvalue weighted by atomic mass is 32.2. The van der Waals surface area contributed by atoms with Gasteiger partial charge in [-0.2, -0.15) is 4.31 Å². The highest BCUT2D eigenvalue weighted by Gasteiger charge is 2.24. The summed E-state index contributed by atoms with van der Waals surface area (Å²) in [6.45, 7) is 2.33. The molecule has 1 aromatic carbocycles. The van der Waals surface area contributed by atoms with Gasteiger partial charge in [0.15, 0.2) is 0 Å². The van der Waals surface area contributed by atoms with Crippen LogP contribution in [0.4, 0.5) is 0 Å². The Bertz CT molecular complexity index is 655. The lowest BCUT2D eigenvalue weighted by atomic mass is 9.90. The fourth-order valence-electron chi connectivity index (χ4n) is 3.35. The molecular weight excluding hydrogens is 352 g/mol. The van der Waals surface area contributed by atoms with Gasteiger partial charge in [0.1, 0.15) is 0 Å². The van der Waals surface area contributed by atoms with Crippen LogP contribution in [0.2, 0.25) is 0 Å². The minimum Gasteiger partial charge on any atom is -0.383 e. The van der Waals surface area contributed by atoms with Gasteiger partial charge < -0.3 is 9.64 Å². The van der Waals surface area contributed by atoms with Gasteiger partial charge in [-0.05, 0) is 30.7 Å². The molecule has 0 bridgehead atoms. The van der Waals surface area contributed by atoms with Crippen LogP contribution < -0.4 is 0 Å². The van der Waals surface area contributed by atoms with Crippen molar-refractivity contribution in [3.8, 4) is 0 Å². The third-order valence-electron chi connectivity index (χ3n) is 4.92. The third kappa shape index (κ3) is 6.70. The zero-order valence-electron chi connectivity index (χ0n) is 15.8. The summed E-state index contributed by atoms with van der Waals surface area (Å²) in [6.07, 6.45) is 4.45. The number of benzene rings is 1. The summed E-state index contributed by atoms with van der Waals surface area (Å²) in [7, 11) is -1.79. The molecule has 1 fully saturated rings. The molecule has 1 aliphatic heterocycles. The van der Waals surface area contributed by atoms with E-state index in [1.807, 2.05) is 11.0 Å². The molecule has 26 heavy (non-hydrogen) atoms. The second-order valence-corrected chi connectivity index (χ2v) is 8.90. The number of likely N-dealkylation sites (tertiary alicyclic amines) is 1. The summed E-state index contributed by atoms with van der Waals surface area (Å²) in [5.41, 5.74) is 1.35. The van der Waals surface area contributed by atoms with Crippen molar-refractivity contribution in [1.82, 2.24) is 9.21 Å². The first kappa shape index (κ1) is 20.9. The van der Waals surface area contributed by atoms with Crippen molar-refractivity contribution < 1.29 is 17.9 Å². The molecule has 1 aromatic rings. The summed E-state index contributed by atoms with van der Waals surface area (Å²) >= 11 is 0. The minimum atomic E-state index is -3.32. The van der Waals surface area contributed by atoms with Gasteiger partial charge in [0.25, 0.3) is 0 Å². The number of rotatable bonds is 9. The zero-order chi connectivity index (χ0) is 19.0. The van der Waals surface area contributed by atoms with Crippen molar-refractivity contribution in [2.45, 2.75) is 25.7 Å².